The van der Waals surface area contributed by atoms with Crippen LogP contribution in [0.4, 0.5) is 5.69 Å². The van der Waals surface area contributed by atoms with Crippen molar-refractivity contribution in [1.29, 1.82) is 0 Å². The number of H-pyrrole nitrogens is 1. The van der Waals surface area contributed by atoms with Gasteiger partial charge >= 0.3 is 0 Å². The van der Waals surface area contributed by atoms with Gasteiger partial charge in [0.2, 0.25) is 5.91 Å². The standard InChI is InChI=1S/C24H28ClN5O/c1-18(23-27-17-22(28-23)19-6-3-2-4-7-19)24(31)26-10-11-29-12-14-30(15-13-29)21-9-5-8-20(25)16-21/h2-9,16-18H,10-15H2,1H3,(H,26,31)(H,27,28). The molecule has 1 aliphatic heterocycles. The minimum absolute atomic E-state index is 0.00785. The maximum Gasteiger partial charge on any atom is 0.230 e. The topological polar surface area (TPSA) is 64.3 Å². The maximum atomic E-state index is 12.6. The number of piperazine rings is 1. The zero-order chi connectivity index (χ0) is 21.6. The Morgan fingerprint density at radius 2 is 1.90 bits per heavy atom. The number of anilines is 1. The number of amides is 1. The van der Waals surface area contributed by atoms with Crippen molar-refractivity contribution in [1.82, 2.24) is 20.2 Å². The predicted octanol–water partition coefficient (Wildman–Crippen LogP) is 3.77. The van der Waals surface area contributed by atoms with Crippen LogP contribution in [0.1, 0.15) is 18.7 Å². The van der Waals surface area contributed by atoms with Crippen molar-refractivity contribution in [3.8, 4) is 11.3 Å². The lowest BCUT2D eigenvalue weighted by Crippen LogP contribution is -2.48. The van der Waals surface area contributed by atoms with Gasteiger partial charge in [-0.25, -0.2) is 4.98 Å². The van der Waals surface area contributed by atoms with Crippen LogP contribution in [0.25, 0.3) is 11.3 Å². The predicted molar refractivity (Wildman–Crippen MR) is 126 cm³/mol. The van der Waals surface area contributed by atoms with Crippen molar-refractivity contribution < 1.29 is 4.79 Å². The number of aromatic amines is 1. The third-order valence-electron chi connectivity index (χ3n) is 5.76. The summed E-state index contributed by atoms with van der Waals surface area (Å²) in [5.41, 5.74) is 3.15. The van der Waals surface area contributed by atoms with Crippen molar-refractivity contribution in [3.05, 3.63) is 71.6 Å². The van der Waals surface area contributed by atoms with E-state index in [0.717, 1.165) is 49.0 Å². The fourth-order valence-electron chi connectivity index (χ4n) is 3.84. The summed E-state index contributed by atoms with van der Waals surface area (Å²) in [7, 11) is 0. The summed E-state index contributed by atoms with van der Waals surface area (Å²) < 4.78 is 0. The quantitative estimate of drug-likeness (QED) is 0.590. The molecule has 1 aliphatic rings. The van der Waals surface area contributed by atoms with Crippen LogP contribution in [0.5, 0.6) is 0 Å². The molecule has 1 atom stereocenters. The van der Waals surface area contributed by atoms with Crippen molar-refractivity contribution >= 4 is 23.2 Å². The fourth-order valence-corrected chi connectivity index (χ4v) is 4.02. The second kappa shape index (κ2) is 9.98. The van der Waals surface area contributed by atoms with E-state index in [4.69, 9.17) is 11.6 Å². The van der Waals surface area contributed by atoms with E-state index in [1.165, 1.54) is 5.69 Å². The van der Waals surface area contributed by atoms with Crippen LogP contribution in [0.15, 0.2) is 60.8 Å². The minimum atomic E-state index is -0.322. The Morgan fingerprint density at radius 3 is 2.65 bits per heavy atom. The molecule has 0 saturated carbocycles. The monoisotopic (exact) mass is 437 g/mol. The number of carbonyl (C=O) groups excluding carboxylic acids is 1. The fraction of sp³-hybridized carbons (Fsp3) is 0.333. The molecule has 0 bridgehead atoms. The van der Waals surface area contributed by atoms with Crippen LogP contribution in [0.3, 0.4) is 0 Å². The van der Waals surface area contributed by atoms with Gasteiger partial charge in [-0.15, -0.1) is 0 Å². The highest BCUT2D eigenvalue weighted by Gasteiger charge is 2.20. The lowest BCUT2D eigenvalue weighted by atomic mass is 10.1. The number of hydrogen-bond acceptors (Lipinski definition) is 4. The number of aromatic nitrogens is 2. The molecule has 2 aromatic carbocycles. The zero-order valence-electron chi connectivity index (χ0n) is 17.7. The van der Waals surface area contributed by atoms with E-state index < -0.39 is 0 Å². The zero-order valence-corrected chi connectivity index (χ0v) is 18.5. The van der Waals surface area contributed by atoms with Gasteiger partial charge in [0, 0.05) is 50.0 Å². The number of benzene rings is 2. The molecule has 3 aromatic rings. The van der Waals surface area contributed by atoms with Crippen molar-refractivity contribution in [2.75, 3.05) is 44.2 Å². The number of hydrogen-bond donors (Lipinski definition) is 2. The molecule has 2 heterocycles. The molecule has 4 rings (SSSR count). The van der Waals surface area contributed by atoms with E-state index in [0.29, 0.717) is 12.4 Å². The van der Waals surface area contributed by atoms with Gasteiger partial charge in [-0.05, 0) is 30.7 Å². The Labute approximate surface area is 188 Å². The normalized spacial score (nSPS) is 15.6. The minimum Gasteiger partial charge on any atom is -0.369 e. The van der Waals surface area contributed by atoms with Gasteiger partial charge in [0.25, 0.3) is 0 Å². The highest BCUT2D eigenvalue weighted by Crippen LogP contribution is 2.21. The van der Waals surface area contributed by atoms with Crippen LogP contribution in [-0.2, 0) is 4.79 Å². The van der Waals surface area contributed by atoms with Crippen molar-refractivity contribution in [2.24, 2.45) is 0 Å². The van der Waals surface area contributed by atoms with Gasteiger partial charge in [0.1, 0.15) is 5.82 Å². The third-order valence-corrected chi connectivity index (χ3v) is 5.99. The molecule has 7 heteroatoms. The first-order valence-corrected chi connectivity index (χ1v) is 11.1. The summed E-state index contributed by atoms with van der Waals surface area (Å²) in [5.74, 6) is 0.357. The van der Waals surface area contributed by atoms with Crippen LogP contribution >= 0.6 is 11.6 Å². The van der Waals surface area contributed by atoms with E-state index in [9.17, 15) is 4.79 Å². The SMILES string of the molecule is CC(C(=O)NCCN1CCN(c2cccc(Cl)c2)CC1)c1ncc(-c2ccccc2)[nH]1. The molecule has 31 heavy (non-hydrogen) atoms. The second-order valence-electron chi connectivity index (χ2n) is 7.87. The first-order chi connectivity index (χ1) is 15.1. The maximum absolute atomic E-state index is 12.6. The Morgan fingerprint density at radius 1 is 1.13 bits per heavy atom. The van der Waals surface area contributed by atoms with E-state index in [-0.39, 0.29) is 11.8 Å². The molecule has 6 nitrogen and oxygen atoms in total. The van der Waals surface area contributed by atoms with E-state index in [1.54, 1.807) is 6.20 Å². The molecule has 2 N–H and O–H groups in total. The first-order valence-electron chi connectivity index (χ1n) is 10.7. The number of nitrogens with one attached hydrogen (secondary N) is 2. The Hall–Kier alpha value is -2.83. The second-order valence-corrected chi connectivity index (χ2v) is 8.31. The smallest absolute Gasteiger partial charge is 0.230 e. The average Bonchev–Trinajstić information content (AvgIpc) is 3.30. The summed E-state index contributed by atoms with van der Waals surface area (Å²) in [4.78, 5) is 25.0. The molecular weight excluding hydrogens is 410 g/mol. The molecule has 1 unspecified atom stereocenters. The highest BCUT2D eigenvalue weighted by molar-refractivity contribution is 6.30. The summed E-state index contributed by atoms with van der Waals surface area (Å²) in [6.07, 6.45) is 1.79. The molecule has 1 fully saturated rings. The van der Waals surface area contributed by atoms with Gasteiger partial charge in [0.15, 0.2) is 0 Å². The lowest BCUT2D eigenvalue weighted by Gasteiger charge is -2.36. The van der Waals surface area contributed by atoms with E-state index in [2.05, 4.69) is 31.2 Å². The Bertz CT molecular complexity index is 998. The van der Waals surface area contributed by atoms with Crippen LogP contribution in [0.2, 0.25) is 5.02 Å². The third kappa shape index (κ3) is 5.46. The van der Waals surface area contributed by atoms with Crippen LogP contribution < -0.4 is 10.2 Å². The van der Waals surface area contributed by atoms with Crippen LogP contribution in [-0.4, -0.2) is 60.0 Å². The Balaban J connectivity index is 1.21. The lowest BCUT2D eigenvalue weighted by molar-refractivity contribution is -0.122. The largest absolute Gasteiger partial charge is 0.369 e. The number of halogens is 1. The van der Waals surface area contributed by atoms with Crippen LogP contribution in [0, 0.1) is 0 Å². The molecule has 0 spiro atoms. The van der Waals surface area contributed by atoms with Crippen molar-refractivity contribution in [2.45, 2.75) is 12.8 Å². The molecule has 1 saturated heterocycles. The summed E-state index contributed by atoms with van der Waals surface area (Å²) in [6, 6.07) is 18.0. The van der Waals surface area contributed by atoms with Gasteiger partial charge in [-0.1, -0.05) is 48.0 Å². The molecule has 0 radical (unpaired) electrons. The number of nitrogens with zero attached hydrogens (tertiary/aromatic N) is 3. The molecule has 0 aliphatic carbocycles. The molecular formula is C24H28ClN5O. The molecule has 162 valence electrons. The van der Waals surface area contributed by atoms with Gasteiger partial charge in [0.05, 0.1) is 17.8 Å². The highest BCUT2D eigenvalue weighted by atomic mass is 35.5. The van der Waals surface area contributed by atoms with Gasteiger partial charge in [-0.2, -0.15) is 0 Å². The molecule has 1 aromatic heterocycles. The number of imidazole rings is 1. The van der Waals surface area contributed by atoms with E-state index in [1.807, 2.05) is 55.5 Å². The first kappa shape index (κ1) is 21.4. The van der Waals surface area contributed by atoms with E-state index >= 15 is 0 Å². The number of carbonyl (C=O) groups is 1. The molecule has 1 amide bonds. The average molecular weight is 438 g/mol. The van der Waals surface area contributed by atoms with Crippen molar-refractivity contribution in [3.63, 3.8) is 0 Å². The van der Waals surface area contributed by atoms with Gasteiger partial charge < -0.3 is 15.2 Å². The summed E-state index contributed by atoms with van der Waals surface area (Å²) in [6.45, 7) is 7.21. The number of rotatable bonds is 7. The van der Waals surface area contributed by atoms with Gasteiger partial charge in [-0.3, -0.25) is 9.69 Å². The summed E-state index contributed by atoms with van der Waals surface area (Å²) in [5, 5.41) is 3.82. The summed E-state index contributed by atoms with van der Waals surface area (Å²) >= 11 is 6.11. The Kier molecular flexibility index (Phi) is 6.89.